The Hall–Kier alpha value is -4.60. The summed E-state index contributed by atoms with van der Waals surface area (Å²) in [6.07, 6.45) is -7.99. The van der Waals surface area contributed by atoms with Gasteiger partial charge in [-0.05, 0) is 61.1 Å². The topological polar surface area (TPSA) is 99.1 Å². The van der Waals surface area contributed by atoms with Crippen LogP contribution in [0, 0.1) is 19.7 Å². The van der Waals surface area contributed by atoms with Crippen molar-refractivity contribution in [3.8, 4) is 16.9 Å². The summed E-state index contributed by atoms with van der Waals surface area (Å²) in [6.45, 7) is 1.95. The van der Waals surface area contributed by atoms with Crippen LogP contribution >= 0.6 is 0 Å². The summed E-state index contributed by atoms with van der Waals surface area (Å²) >= 11 is 0. The largest absolute Gasteiger partial charge is 0.493 e. The van der Waals surface area contributed by atoms with E-state index in [0.717, 1.165) is 28.8 Å². The molecule has 1 saturated heterocycles. The molecule has 2 aliphatic rings. The van der Waals surface area contributed by atoms with Gasteiger partial charge in [-0.2, -0.15) is 26.3 Å². The number of anilines is 1. The average Bonchev–Trinajstić information content (AvgIpc) is 3.05. The molecule has 0 bridgehead atoms. The third-order valence-electron chi connectivity index (χ3n) is 8.94. The molecule has 0 radical (unpaired) electrons. The van der Waals surface area contributed by atoms with E-state index >= 15 is 4.39 Å². The Morgan fingerprint density at radius 2 is 1.82 bits per heavy atom. The molecular weight excluding hydrogens is 679 g/mol. The third-order valence-corrected chi connectivity index (χ3v) is 8.94. The van der Waals surface area contributed by atoms with E-state index in [0.29, 0.717) is 24.0 Å². The molecule has 1 amide bonds. The Morgan fingerprint density at radius 1 is 1.10 bits per heavy atom. The summed E-state index contributed by atoms with van der Waals surface area (Å²) < 4.78 is 115. The van der Waals surface area contributed by atoms with Crippen molar-refractivity contribution in [1.82, 2.24) is 9.88 Å². The summed E-state index contributed by atoms with van der Waals surface area (Å²) in [6, 6.07) is 1.61. The normalized spacial score (nSPS) is 17.1. The number of carbonyl (C=O) groups is 2. The Morgan fingerprint density at radius 3 is 2.46 bits per heavy atom. The molecule has 0 unspecified atom stereocenters. The number of carbonyl (C=O) groups excluding carboxylic acids is 2. The molecule has 270 valence electrons. The van der Waals surface area contributed by atoms with Gasteiger partial charge < -0.3 is 29.0 Å². The van der Waals surface area contributed by atoms with Crippen LogP contribution in [0.2, 0.25) is 0 Å². The number of hydrogen-bond acceptors (Lipinski definition) is 7. The van der Waals surface area contributed by atoms with E-state index in [2.05, 4.69) is 5.32 Å². The molecule has 1 fully saturated rings. The van der Waals surface area contributed by atoms with E-state index in [4.69, 9.17) is 14.2 Å². The number of halogens is 7. The van der Waals surface area contributed by atoms with Crippen LogP contribution in [0.3, 0.4) is 0 Å². The second-order valence-corrected chi connectivity index (χ2v) is 12.2. The number of ether oxygens (including phenoxy) is 3. The van der Waals surface area contributed by atoms with Gasteiger partial charge in [-0.3, -0.25) is 9.59 Å². The van der Waals surface area contributed by atoms with Crippen molar-refractivity contribution >= 4 is 17.6 Å². The van der Waals surface area contributed by atoms with E-state index in [-0.39, 0.29) is 59.9 Å². The molecule has 2 aromatic carbocycles. The molecule has 9 nitrogen and oxygen atoms in total. The molecule has 1 N–H and O–H groups in total. The average molecular weight is 714 g/mol. The molecule has 3 aromatic rings. The lowest BCUT2D eigenvalue weighted by Gasteiger charge is -2.38. The van der Waals surface area contributed by atoms with Crippen molar-refractivity contribution in [3.63, 3.8) is 0 Å². The molecule has 16 heteroatoms. The van der Waals surface area contributed by atoms with Crippen molar-refractivity contribution in [2.24, 2.45) is 7.05 Å². The first-order valence-corrected chi connectivity index (χ1v) is 15.6. The van der Waals surface area contributed by atoms with Crippen molar-refractivity contribution in [2.75, 3.05) is 38.4 Å². The Bertz CT molecular complexity index is 1850. The number of fused-ring (bicyclic) bond motifs is 1. The fourth-order valence-corrected chi connectivity index (χ4v) is 6.49. The smallest absolute Gasteiger partial charge is 0.418 e. The summed E-state index contributed by atoms with van der Waals surface area (Å²) in [4.78, 5) is 40.5. The Kier molecular flexibility index (Phi) is 10.2. The first kappa shape index (κ1) is 36.7. The number of nitrogens with zero attached hydrogens (tertiary/aromatic N) is 2. The van der Waals surface area contributed by atoms with Gasteiger partial charge in [0.2, 0.25) is 0 Å². The van der Waals surface area contributed by atoms with Crippen LogP contribution < -0.4 is 20.5 Å². The van der Waals surface area contributed by atoms with Gasteiger partial charge in [-0.25, -0.2) is 9.18 Å². The van der Waals surface area contributed by atoms with Gasteiger partial charge in [0.05, 0.1) is 43.6 Å². The van der Waals surface area contributed by atoms with Gasteiger partial charge in [-0.15, -0.1) is 0 Å². The molecule has 5 rings (SSSR count). The maximum Gasteiger partial charge on any atom is 0.418 e. The number of pyridine rings is 1. The number of nitrogens with one attached hydrogen (secondary N) is 1. The highest BCUT2D eigenvalue weighted by Gasteiger charge is 2.46. The Balaban J connectivity index is 1.48. The summed E-state index contributed by atoms with van der Waals surface area (Å²) in [5.74, 6) is -2.87. The van der Waals surface area contributed by atoms with Gasteiger partial charge in [0.15, 0.2) is 0 Å². The van der Waals surface area contributed by atoms with E-state index in [1.807, 2.05) is 0 Å². The van der Waals surface area contributed by atoms with Gasteiger partial charge in [0, 0.05) is 37.5 Å². The lowest BCUT2D eigenvalue weighted by Crippen LogP contribution is -2.53. The maximum atomic E-state index is 15.5. The lowest BCUT2D eigenvalue weighted by molar-refractivity contribution is -0.167. The molecule has 0 aliphatic carbocycles. The van der Waals surface area contributed by atoms with Crippen molar-refractivity contribution < 1.29 is 54.5 Å². The first-order chi connectivity index (χ1) is 23.4. The highest BCUT2D eigenvalue weighted by Crippen LogP contribution is 2.41. The minimum absolute atomic E-state index is 0.0117. The number of esters is 1. The zero-order valence-corrected chi connectivity index (χ0v) is 27.5. The highest BCUT2D eigenvalue weighted by molar-refractivity contribution is 5.98. The monoisotopic (exact) mass is 713 g/mol. The molecule has 2 atom stereocenters. The number of rotatable bonds is 7. The molecule has 50 heavy (non-hydrogen) atoms. The van der Waals surface area contributed by atoms with Crippen LogP contribution in [0.4, 0.5) is 36.4 Å². The number of aromatic nitrogens is 1. The minimum atomic E-state index is -4.73. The van der Waals surface area contributed by atoms with E-state index in [1.165, 1.54) is 39.1 Å². The van der Waals surface area contributed by atoms with Crippen molar-refractivity contribution in [3.05, 3.63) is 80.0 Å². The number of benzene rings is 2. The Labute approximate surface area is 281 Å². The summed E-state index contributed by atoms with van der Waals surface area (Å²) in [5.41, 5.74) is -1.61. The van der Waals surface area contributed by atoms with Gasteiger partial charge in [-0.1, -0.05) is 12.1 Å². The number of morpholine rings is 1. The quantitative estimate of drug-likeness (QED) is 0.258. The standard InChI is InChI=1S/C34H34F7N3O6/c1-17-12-20(44-9-11-49-16-26(44)34(39,40)41)14-24(35)27(17)30(45)42-25(32(47)48-4)13-19-7-8-22(29-21(19)6-5-10-50-29)28-18(2)23(33(36,37)38)15-43(3)31(28)46/h7-8,12,14-15,25-26H,5-6,9-11,13,16H2,1-4H3,(H,42,45)/t25-,26+/m0/s1. The fraction of sp³-hybridized carbons (Fsp3) is 0.441. The fourth-order valence-electron chi connectivity index (χ4n) is 6.49. The van der Waals surface area contributed by atoms with Gasteiger partial charge in [0.25, 0.3) is 11.5 Å². The summed E-state index contributed by atoms with van der Waals surface area (Å²) in [7, 11) is 2.29. The van der Waals surface area contributed by atoms with Crippen molar-refractivity contribution in [2.45, 2.75) is 57.5 Å². The maximum absolute atomic E-state index is 15.5. The molecular formula is C34H34F7N3O6. The third kappa shape index (κ3) is 7.16. The molecule has 0 saturated carbocycles. The van der Waals surface area contributed by atoms with E-state index < -0.39 is 65.4 Å². The van der Waals surface area contributed by atoms with Crippen LogP contribution in [0.5, 0.6) is 5.75 Å². The van der Waals surface area contributed by atoms with Gasteiger partial charge >= 0.3 is 18.3 Å². The van der Waals surface area contributed by atoms with Crippen LogP contribution in [0.15, 0.2) is 35.3 Å². The van der Waals surface area contributed by atoms with Crippen molar-refractivity contribution in [1.29, 1.82) is 0 Å². The number of alkyl halides is 6. The number of amides is 1. The van der Waals surface area contributed by atoms with Crippen LogP contribution in [-0.2, 0) is 40.3 Å². The first-order valence-electron chi connectivity index (χ1n) is 15.6. The van der Waals surface area contributed by atoms with E-state index in [9.17, 15) is 40.7 Å². The minimum Gasteiger partial charge on any atom is -0.493 e. The second kappa shape index (κ2) is 14.0. The predicted molar refractivity (Wildman–Crippen MR) is 167 cm³/mol. The molecule has 3 heterocycles. The van der Waals surface area contributed by atoms with E-state index in [1.54, 1.807) is 0 Å². The highest BCUT2D eigenvalue weighted by atomic mass is 19.4. The van der Waals surface area contributed by atoms with Crippen LogP contribution in [0.25, 0.3) is 11.1 Å². The molecule has 2 aliphatic heterocycles. The number of hydrogen-bond donors (Lipinski definition) is 1. The molecule has 0 spiro atoms. The predicted octanol–water partition coefficient (Wildman–Crippen LogP) is 5.43. The lowest BCUT2D eigenvalue weighted by atomic mass is 9.89. The van der Waals surface area contributed by atoms with Crippen LogP contribution in [-0.4, -0.2) is 68.2 Å². The number of aryl methyl sites for hydroxylation is 2. The molecule has 1 aromatic heterocycles. The summed E-state index contributed by atoms with van der Waals surface area (Å²) in [5, 5.41) is 2.46. The second-order valence-electron chi connectivity index (χ2n) is 12.2. The van der Waals surface area contributed by atoms with Crippen LogP contribution in [0.1, 0.15) is 44.6 Å². The zero-order valence-electron chi connectivity index (χ0n) is 27.5. The van der Waals surface area contributed by atoms with Gasteiger partial charge in [0.1, 0.15) is 23.7 Å². The number of methoxy groups -OCH3 is 1. The SMILES string of the molecule is COC(=O)[C@H](Cc1ccc(-c2c(C)c(C(F)(F)F)cn(C)c2=O)c2c1CCCO2)NC(=O)c1c(C)cc(N2CCOC[C@@H]2C(F)(F)F)cc1F. The zero-order chi connectivity index (χ0) is 36.7.